The van der Waals surface area contributed by atoms with E-state index in [4.69, 9.17) is 0 Å². The van der Waals surface area contributed by atoms with Gasteiger partial charge in [-0.2, -0.15) is 18.3 Å². The van der Waals surface area contributed by atoms with Gasteiger partial charge >= 0.3 is 6.18 Å². The van der Waals surface area contributed by atoms with Crippen LogP contribution < -0.4 is 5.32 Å². The first kappa shape index (κ1) is 15.5. The summed E-state index contributed by atoms with van der Waals surface area (Å²) in [5.74, 6) is 0. The van der Waals surface area contributed by atoms with Crippen LogP contribution in [0.2, 0.25) is 0 Å². The van der Waals surface area contributed by atoms with Crippen molar-refractivity contribution in [2.45, 2.75) is 39.0 Å². The van der Waals surface area contributed by atoms with Crippen LogP contribution in [0.4, 0.5) is 13.2 Å². The minimum atomic E-state index is -4.45. The standard InChI is InChI=1S/C14H17F3N4/c1-13(2,3)19-8-10-4-6-18-9-11(10)21-7-5-12(20-21)14(15,16)17/h4-7,9,19H,8H2,1-3H3. The Morgan fingerprint density at radius 1 is 1.19 bits per heavy atom. The van der Waals surface area contributed by atoms with Crippen molar-refractivity contribution in [1.29, 1.82) is 0 Å². The molecule has 0 aliphatic heterocycles. The van der Waals surface area contributed by atoms with E-state index in [2.05, 4.69) is 15.4 Å². The number of pyridine rings is 1. The summed E-state index contributed by atoms with van der Waals surface area (Å²) in [5, 5.41) is 6.87. The van der Waals surface area contributed by atoms with Gasteiger partial charge in [0.15, 0.2) is 5.69 Å². The second-order valence-corrected chi connectivity index (χ2v) is 5.75. The van der Waals surface area contributed by atoms with Crippen molar-refractivity contribution in [1.82, 2.24) is 20.1 Å². The number of halogens is 3. The molecule has 0 aromatic carbocycles. The molecular weight excluding hydrogens is 281 g/mol. The van der Waals surface area contributed by atoms with Crippen LogP contribution in [-0.2, 0) is 12.7 Å². The second-order valence-electron chi connectivity index (χ2n) is 5.75. The van der Waals surface area contributed by atoms with Crippen LogP contribution in [0.5, 0.6) is 0 Å². The topological polar surface area (TPSA) is 42.7 Å². The van der Waals surface area contributed by atoms with E-state index in [0.717, 1.165) is 11.6 Å². The molecule has 0 aliphatic carbocycles. The third-order valence-electron chi connectivity index (χ3n) is 2.82. The highest BCUT2D eigenvalue weighted by atomic mass is 19.4. The molecule has 2 rings (SSSR count). The van der Waals surface area contributed by atoms with Crippen molar-refractivity contribution in [2.24, 2.45) is 0 Å². The maximum Gasteiger partial charge on any atom is 0.435 e. The average molecular weight is 298 g/mol. The van der Waals surface area contributed by atoms with Crippen LogP contribution in [0.25, 0.3) is 5.69 Å². The van der Waals surface area contributed by atoms with E-state index in [1.165, 1.54) is 17.1 Å². The van der Waals surface area contributed by atoms with Gasteiger partial charge in [-0.25, -0.2) is 4.68 Å². The number of hydrogen-bond donors (Lipinski definition) is 1. The van der Waals surface area contributed by atoms with Crippen LogP contribution in [0.15, 0.2) is 30.7 Å². The number of aromatic nitrogens is 3. The van der Waals surface area contributed by atoms with Crippen molar-refractivity contribution in [3.05, 3.63) is 42.0 Å². The molecule has 0 radical (unpaired) electrons. The van der Waals surface area contributed by atoms with E-state index >= 15 is 0 Å². The Morgan fingerprint density at radius 2 is 1.90 bits per heavy atom. The summed E-state index contributed by atoms with van der Waals surface area (Å²) < 4.78 is 39.1. The second kappa shape index (κ2) is 5.48. The minimum absolute atomic E-state index is 0.0954. The molecule has 0 bridgehead atoms. The predicted octanol–water partition coefficient (Wildman–Crippen LogP) is 3.17. The van der Waals surface area contributed by atoms with Gasteiger partial charge in [0.25, 0.3) is 0 Å². The van der Waals surface area contributed by atoms with E-state index in [9.17, 15) is 13.2 Å². The lowest BCUT2D eigenvalue weighted by Gasteiger charge is -2.21. The van der Waals surface area contributed by atoms with Gasteiger partial charge in [-0.05, 0) is 38.5 Å². The van der Waals surface area contributed by atoms with Crippen LogP contribution in [0.3, 0.4) is 0 Å². The highest BCUT2D eigenvalue weighted by molar-refractivity contribution is 5.37. The lowest BCUT2D eigenvalue weighted by Crippen LogP contribution is -2.35. The molecule has 4 nitrogen and oxygen atoms in total. The highest BCUT2D eigenvalue weighted by Gasteiger charge is 2.33. The third-order valence-corrected chi connectivity index (χ3v) is 2.82. The van der Waals surface area contributed by atoms with Gasteiger partial charge in [0, 0.05) is 24.5 Å². The van der Waals surface area contributed by atoms with Gasteiger partial charge in [0.1, 0.15) is 0 Å². The van der Waals surface area contributed by atoms with Crippen molar-refractivity contribution < 1.29 is 13.2 Å². The van der Waals surface area contributed by atoms with Crippen molar-refractivity contribution in [3.63, 3.8) is 0 Å². The summed E-state index contributed by atoms with van der Waals surface area (Å²) in [6.45, 7) is 6.57. The molecular formula is C14H17F3N4. The molecule has 0 spiro atoms. The average Bonchev–Trinajstić information content (AvgIpc) is 2.85. The van der Waals surface area contributed by atoms with Crippen LogP contribution in [0.1, 0.15) is 32.0 Å². The van der Waals surface area contributed by atoms with E-state index in [0.29, 0.717) is 12.2 Å². The number of hydrogen-bond acceptors (Lipinski definition) is 3. The van der Waals surface area contributed by atoms with Gasteiger partial charge in [-0.3, -0.25) is 4.98 Å². The molecule has 0 fully saturated rings. The molecule has 1 N–H and O–H groups in total. The summed E-state index contributed by atoms with van der Waals surface area (Å²) in [7, 11) is 0. The summed E-state index contributed by atoms with van der Waals surface area (Å²) in [6, 6.07) is 2.72. The molecule has 0 unspecified atom stereocenters. The van der Waals surface area contributed by atoms with Crippen LogP contribution >= 0.6 is 0 Å². The zero-order valence-corrected chi connectivity index (χ0v) is 12.1. The first-order valence-corrected chi connectivity index (χ1v) is 6.48. The normalized spacial score (nSPS) is 12.7. The molecule has 2 aromatic heterocycles. The Morgan fingerprint density at radius 3 is 2.48 bits per heavy atom. The Hall–Kier alpha value is -1.89. The molecule has 0 amide bonds. The number of nitrogens with one attached hydrogen (secondary N) is 1. The van der Waals surface area contributed by atoms with Crippen LogP contribution in [0, 0.1) is 0 Å². The van der Waals surface area contributed by atoms with Gasteiger partial charge in [0.05, 0.1) is 11.9 Å². The van der Waals surface area contributed by atoms with Crippen molar-refractivity contribution >= 4 is 0 Å². The first-order chi connectivity index (χ1) is 9.67. The number of nitrogens with zero attached hydrogens (tertiary/aromatic N) is 3. The van der Waals surface area contributed by atoms with Crippen LogP contribution in [-0.4, -0.2) is 20.3 Å². The molecule has 114 valence electrons. The Kier molecular flexibility index (Phi) is 4.04. The zero-order valence-electron chi connectivity index (χ0n) is 12.1. The van der Waals surface area contributed by atoms with E-state index in [1.807, 2.05) is 20.8 Å². The zero-order chi connectivity index (χ0) is 15.7. The van der Waals surface area contributed by atoms with E-state index < -0.39 is 11.9 Å². The van der Waals surface area contributed by atoms with Crippen molar-refractivity contribution in [3.8, 4) is 5.69 Å². The number of alkyl halides is 3. The van der Waals surface area contributed by atoms with Gasteiger partial charge < -0.3 is 5.32 Å². The molecule has 0 saturated heterocycles. The lowest BCUT2D eigenvalue weighted by atomic mass is 10.1. The Bertz CT molecular complexity index is 611. The fourth-order valence-electron chi connectivity index (χ4n) is 1.74. The number of rotatable bonds is 3. The maximum absolute atomic E-state index is 12.6. The molecule has 21 heavy (non-hydrogen) atoms. The SMILES string of the molecule is CC(C)(C)NCc1ccncc1-n1ccc(C(F)(F)F)n1. The molecule has 7 heteroatoms. The molecule has 2 aromatic rings. The molecule has 0 atom stereocenters. The van der Waals surface area contributed by atoms with Gasteiger partial charge in [-0.15, -0.1) is 0 Å². The Labute approximate surface area is 121 Å². The Balaban J connectivity index is 2.30. The summed E-state index contributed by atoms with van der Waals surface area (Å²) in [4.78, 5) is 3.97. The summed E-state index contributed by atoms with van der Waals surface area (Å²) in [5.41, 5.74) is 0.351. The fraction of sp³-hybridized carbons (Fsp3) is 0.429. The van der Waals surface area contributed by atoms with Gasteiger partial charge in [0.2, 0.25) is 0 Å². The smallest absolute Gasteiger partial charge is 0.308 e. The maximum atomic E-state index is 12.6. The predicted molar refractivity (Wildman–Crippen MR) is 73.0 cm³/mol. The third kappa shape index (κ3) is 4.04. The summed E-state index contributed by atoms with van der Waals surface area (Å²) >= 11 is 0. The van der Waals surface area contributed by atoms with Gasteiger partial charge in [-0.1, -0.05) is 0 Å². The fourth-order valence-corrected chi connectivity index (χ4v) is 1.74. The highest BCUT2D eigenvalue weighted by Crippen LogP contribution is 2.28. The van der Waals surface area contributed by atoms with E-state index in [1.54, 1.807) is 12.3 Å². The largest absolute Gasteiger partial charge is 0.435 e. The van der Waals surface area contributed by atoms with Crippen molar-refractivity contribution in [2.75, 3.05) is 0 Å². The quantitative estimate of drug-likeness (QED) is 0.946. The minimum Gasteiger partial charge on any atom is -0.308 e. The molecule has 0 aliphatic rings. The lowest BCUT2D eigenvalue weighted by molar-refractivity contribution is -0.141. The molecule has 2 heterocycles. The monoisotopic (exact) mass is 298 g/mol. The first-order valence-electron chi connectivity index (χ1n) is 6.48. The summed E-state index contributed by atoms with van der Waals surface area (Å²) in [6.07, 6.45) is -0.0398. The molecule has 0 saturated carbocycles. The van der Waals surface area contributed by atoms with E-state index in [-0.39, 0.29) is 5.54 Å².